The molecular weight excluding hydrogens is 1090 g/mol. The predicted octanol–water partition coefficient (Wildman–Crippen LogP) is 18.8. The van der Waals surface area contributed by atoms with Crippen molar-refractivity contribution in [1.82, 2.24) is 13.8 Å². The summed E-state index contributed by atoms with van der Waals surface area (Å²) in [5.41, 5.74) is 0. The van der Waals surface area contributed by atoms with Crippen molar-refractivity contribution in [3.05, 3.63) is 303 Å². The summed E-state index contributed by atoms with van der Waals surface area (Å²) >= 11 is 0. The molecule has 0 aromatic heterocycles. The standard InChI is InChI=1S/C60H50N4O10P5/c1-11-31-51(32-12-1)65-62(75(68-54-37-17-4-18-38-54)61-76(69-55-39-19-5-20-40-55)70-56-41-21-6-22-42-56)77(71-57-43-23-7-24-44-57)63(66-52-33-13-2-14-34-52)78(72-58-45-25-8-26-46-58)64(67-53-35-15-3-16-36-53)79(73-59-47-27-9-28-48-59)74-60-49-29-10-30-50-60/h1-50H/q+1. The third-order valence-corrected chi connectivity index (χ3v) is 19.1. The molecule has 0 bridgehead atoms. The van der Waals surface area contributed by atoms with E-state index in [1.54, 1.807) is 13.8 Å². The van der Waals surface area contributed by atoms with Crippen LogP contribution >= 0.6 is 42.0 Å². The highest BCUT2D eigenvalue weighted by Gasteiger charge is 2.54. The molecule has 3 atom stereocenters. The Morgan fingerprint density at radius 2 is 0.481 bits per heavy atom. The lowest BCUT2D eigenvalue weighted by Gasteiger charge is -2.41. The van der Waals surface area contributed by atoms with Gasteiger partial charge in [0.25, 0.3) is 0 Å². The van der Waals surface area contributed by atoms with Gasteiger partial charge in [-0.15, -0.1) is 0 Å². The zero-order valence-electron chi connectivity index (χ0n) is 42.0. The van der Waals surface area contributed by atoms with Crippen LogP contribution in [-0.4, -0.2) is 13.8 Å². The maximum Gasteiger partial charge on any atom is 0.676 e. The third-order valence-electron chi connectivity index (χ3n) is 10.3. The van der Waals surface area contributed by atoms with Crippen molar-refractivity contribution in [1.29, 1.82) is 0 Å². The summed E-state index contributed by atoms with van der Waals surface area (Å²) in [6, 6.07) is 93.1. The molecule has 0 amide bonds. The predicted molar refractivity (Wildman–Crippen MR) is 313 cm³/mol. The van der Waals surface area contributed by atoms with Crippen LogP contribution in [0.25, 0.3) is 0 Å². The van der Waals surface area contributed by atoms with Gasteiger partial charge in [-0.25, -0.2) is 9.05 Å². The lowest BCUT2D eigenvalue weighted by atomic mass is 10.3. The highest BCUT2D eigenvalue weighted by atomic mass is 31.3. The van der Waals surface area contributed by atoms with Crippen LogP contribution in [-0.2, 0) is 0 Å². The van der Waals surface area contributed by atoms with Crippen LogP contribution in [0.4, 0.5) is 0 Å². The van der Waals surface area contributed by atoms with E-state index in [-0.39, 0.29) is 0 Å². The highest BCUT2D eigenvalue weighted by molar-refractivity contribution is 7.73. The van der Waals surface area contributed by atoms with Gasteiger partial charge in [-0.05, 0) is 121 Å². The highest BCUT2D eigenvalue weighted by Crippen LogP contribution is 2.71. The Morgan fingerprint density at radius 3 is 0.810 bits per heavy atom. The lowest BCUT2D eigenvalue weighted by Crippen LogP contribution is -2.37. The van der Waals surface area contributed by atoms with Gasteiger partial charge in [-0.3, -0.25) is 0 Å². The summed E-state index contributed by atoms with van der Waals surface area (Å²) in [7, 11) is -12.5. The number of para-hydroxylation sites is 10. The van der Waals surface area contributed by atoms with Crippen molar-refractivity contribution in [2.75, 3.05) is 0 Å². The number of hydrogen-bond acceptors (Lipinski definition) is 14. The minimum atomic E-state index is -2.67. The van der Waals surface area contributed by atoms with Crippen LogP contribution in [0, 0.1) is 0 Å². The van der Waals surface area contributed by atoms with Gasteiger partial charge >= 0.3 is 42.0 Å². The van der Waals surface area contributed by atoms with E-state index < -0.39 is 42.0 Å². The monoisotopic (exact) mass is 1140 g/mol. The van der Waals surface area contributed by atoms with Gasteiger partial charge in [0, 0.05) is 13.8 Å². The SMILES string of the molecule is c1ccc(ON(P(N=[P+](Oc2ccccc2)Oc2ccccc2)Oc2ccccc2)P(Oc2ccccc2)N(Oc2ccccc2)P(Oc2ccccc2)N(Oc2ccccc2)P(Oc2ccccc2)Oc2ccccc2)cc1. The van der Waals surface area contributed by atoms with Gasteiger partial charge in [-0.2, -0.15) is 0 Å². The molecule has 0 aliphatic heterocycles. The Morgan fingerprint density at radius 1 is 0.241 bits per heavy atom. The smallest absolute Gasteiger partial charge is 0.440 e. The van der Waals surface area contributed by atoms with Crippen LogP contribution in [0.3, 0.4) is 0 Å². The average Bonchev–Trinajstić information content (AvgIpc) is 3.51. The second-order valence-corrected chi connectivity index (χ2v) is 23.7. The summed E-state index contributed by atoms with van der Waals surface area (Å²) in [5.74, 6) is 4.49. The van der Waals surface area contributed by atoms with Crippen LogP contribution in [0.1, 0.15) is 0 Å². The fraction of sp³-hybridized carbons (Fsp3) is 0. The quantitative estimate of drug-likeness (QED) is 0.0360. The van der Waals surface area contributed by atoms with Crippen LogP contribution in [0.5, 0.6) is 57.5 Å². The molecule has 79 heavy (non-hydrogen) atoms. The van der Waals surface area contributed by atoms with Gasteiger partial charge in [-0.1, -0.05) is 182 Å². The van der Waals surface area contributed by atoms with Crippen LogP contribution in [0.15, 0.2) is 308 Å². The fourth-order valence-corrected chi connectivity index (χ4v) is 15.7. The first kappa shape index (κ1) is 54.3. The number of benzene rings is 10. The topological polar surface area (TPSA) is 114 Å². The van der Waals surface area contributed by atoms with E-state index in [0.717, 1.165) is 0 Å². The summed E-state index contributed by atoms with van der Waals surface area (Å²) in [6.45, 7) is 0. The molecule has 10 aromatic carbocycles. The molecule has 3 unspecified atom stereocenters. The first-order valence-electron chi connectivity index (χ1n) is 24.6. The molecule has 0 saturated carbocycles. The molecule has 10 aromatic rings. The van der Waals surface area contributed by atoms with Crippen molar-refractivity contribution in [3.63, 3.8) is 0 Å². The Labute approximate surface area is 465 Å². The van der Waals surface area contributed by atoms with Crippen LogP contribution in [0.2, 0.25) is 0 Å². The summed E-state index contributed by atoms with van der Waals surface area (Å²) < 4.78 is 59.3. The van der Waals surface area contributed by atoms with Gasteiger partial charge < -0.3 is 37.1 Å². The molecule has 394 valence electrons. The van der Waals surface area contributed by atoms with E-state index in [2.05, 4.69) is 0 Å². The number of nitrogens with zero attached hydrogens (tertiary/aromatic N) is 4. The Hall–Kier alpha value is -8.10. The van der Waals surface area contributed by atoms with E-state index in [0.29, 0.717) is 57.5 Å². The Bertz CT molecular complexity index is 3260. The minimum absolute atomic E-state index is 0.389. The van der Waals surface area contributed by atoms with Crippen LogP contribution < -0.4 is 46.2 Å². The maximum absolute atomic E-state index is 7.40. The number of hydrogen-bond donors (Lipinski definition) is 0. The molecule has 0 fully saturated rings. The van der Waals surface area contributed by atoms with Gasteiger partial charge in [0.05, 0.1) is 4.52 Å². The summed E-state index contributed by atoms with van der Waals surface area (Å²) in [4.78, 5) is 21.7. The normalized spacial score (nSPS) is 12.1. The molecule has 0 N–H and O–H groups in total. The summed E-state index contributed by atoms with van der Waals surface area (Å²) in [5, 5.41) is 0. The average molecular weight is 1140 g/mol. The van der Waals surface area contributed by atoms with Crippen molar-refractivity contribution < 1.29 is 46.2 Å². The molecule has 0 saturated heterocycles. The zero-order chi connectivity index (χ0) is 53.5. The summed E-state index contributed by atoms with van der Waals surface area (Å²) in [6.07, 6.45) is 0. The molecule has 0 heterocycles. The second-order valence-electron chi connectivity index (χ2n) is 16.1. The zero-order valence-corrected chi connectivity index (χ0v) is 46.4. The van der Waals surface area contributed by atoms with Crippen molar-refractivity contribution in [3.8, 4) is 57.5 Å². The minimum Gasteiger partial charge on any atom is -0.440 e. The molecular formula is C60H50N4O10P5+. The van der Waals surface area contributed by atoms with Gasteiger partial charge in [0.1, 0.15) is 46.0 Å². The molecule has 14 nitrogen and oxygen atoms in total. The van der Waals surface area contributed by atoms with Crippen molar-refractivity contribution in [2.24, 2.45) is 4.52 Å². The third kappa shape index (κ3) is 16.5. The molecule has 0 radical (unpaired) electrons. The lowest BCUT2D eigenvalue weighted by molar-refractivity contribution is 0.0414. The van der Waals surface area contributed by atoms with Gasteiger partial charge in [0.2, 0.25) is 0 Å². The first-order valence-corrected chi connectivity index (χ1v) is 30.3. The van der Waals surface area contributed by atoms with E-state index in [1.165, 1.54) is 0 Å². The molecule has 0 spiro atoms. The second kappa shape index (κ2) is 29.0. The first-order chi connectivity index (χ1) is 39.1. The fourth-order valence-electron chi connectivity index (χ4n) is 6.71. The molecule has 10 rings (SSSR count). The van der Waals surface area contributed by atoms with E-state index >= 15 is 0 Å². The molecule has 0 aliphatic rings. The molecule has 19 heteroatoms. The Kier molecular flexibility index (Phi) is 19.9. The van der Waals surface area contributed by atoms with E-state index in [1.807, 2.05) is 303 Å². The Balaban J connectivity index is 1.24. The van der Waals surface area contributed by atoms with E-state index in [4.69, 9.17) is 50.7 Å². The molecule has 0 aliphatic carbocycles. The largest absolute Gasteiger partial charge is 0.676 e. The van der Waals surface area contributed by atoms with Crippen molar-refractivity contribution in [2.45, 2.75) is 0 Å². The van der Waals surface area contributed by atoms with E-state index in [9.17, 15) is 0 Å². The number of rotatable bonds is 27. The van der Waals surface area contributed by atoms with Crippen molar-refractivity contribution >= 4 is 42.0 Å². The van der Waals surface area contributed by atoms with Gasteiger partial charge in [0.15, 0.2) is 11.5 Å². The maximum atomic E-state index is 7.40.